The minimum atomic E-state index is -0.598. The van der Waals surface area contributed by atoms with Gasteiger partial charge in [0.2, 0.25) is 0 Å². The van der Waals surface area contributed by atoms with Gasteiger partial charge in [0.1, 0.15) is 11.6 Å². The molecule has 0 saturated carbocycles. The van der Waals surface area contributed by atoms with Crippen molar-refractivity contribution in [1.82, 2.24) is 15.2 Å². The minimum Gasteiger partial charge on any atom is -0.266 e. The Labute approximate surface area is 165 Å². The molecule has 8 heteroatoms. The highest BCUT2D eigenvalue weighted by molar-refractivity contribution is 7.11. The van der Waals surface area contributed by atoms with Gasteiger partial charge >= 0.3 is 0 Å². The zero-order valence-electron chi connectivity index (χ0n) is 15.6. The highest BCUT2D eigenvalue weighted by Gasteiger charge is 2.20. The van der Waals surface area contributed by atoms with Crippen molar-refractivity contribution in [3.63, 3.8) is 0 Å². The second kappa shape index (κ2) is 7.98. The molecule has 0 aliphatic rings. The maximum atomic E-state index is 12.7. The van der Waals surface area contributed by atoms with Crippen LogP contribution in [0.5, 0.6) is 0 Å². The van der Waals surface area contributed by atoms with Crippen LogP contribution in [0.25, 0.3) is 5.69 Å². The molecule has 3 rings (SSSR count). The standard InChI is InChI=1S/C20H17N5O2S/c1-12-6-7-15(9-13(12)2)25-20(27)17(10-21)14(3)18(24-25)19(26)23-22-11-16-5-4-8-28-16/h4-9,11H,1-3H3,(H,23,26)/b22-11-. The van der Waals surface area contributed by atoms with Crippen molar-refractivity contribution in [1.29, 1.82) is 5.26 Å². The summed E-state index contributed by atoms with van der Waals surface area (Å²) in [6.45, 7) is 5.39. The van der Waals surface area contributed by atoms with E-state index in [0.717, 1.165) is 20.7 Å². The monoisotopic (exact) mass is 391 g/mol. The topological polar surface area (TPSA) is 100 Å². The molecule has 7 nitrogen and oxygen atoms in total. The molecule has 28 heavy (non-hydrogen) atoms. The van der Waals surface area contributed by atoms with Gasteiger partial charge in [-0.1, -0.05) is 12.1 Å². The van der Waals surface area contributed by atoms with Crippen LogP contribution in [-0.2, 0) is 0 Å². The average Bonchev–Trinajstić information content (AvgIpc) is 3.18. The fraction of sp³-hybridized carbons (Fsp3) is 0.150. The molecule has 2 heterocycles. The smallest absolute Gasteiger partial charge is 0.266 e. The van der Waals surface area contributed by atoms with Crippen LogP contribution in [0.15, 0.2) is 45.6 Å². The van der Waals surface area contributed by atoms with Gasteiger partial charge in [-0.2, -0.15) is 20.1 Å². The molecule has 0 unspecified atom stereocenters. The van der Waals surface area contributed by atoms with E-state index >= 15 is 0 Å². The van der Waals surface area contributed by atoms with Crippen LogP contribution < -0.4 is 11.0 Å². The molecular formula is C20H17N5O2S. The number of aryl methyl sites for hydroxylation is 2. The summed E-state index contributed by atoms with van der Waals surface area (Å²) in [5.74, 6) is -0.598. The lowest BCUT2D eigenvalue weighted by molar-refractivity contribution is 0.0947. The number of thiophene rings is 1. The number of benzene rings is 1. The number of carbonyl (C=O) groups excluding carboxylic acids is 1. The molecule has 0 aliphatic carbocycles. The summed E-state index contributed by atoms with van der Waals surface area (Å²) >= 11 is 1.48. The fourth-order valence-electron chi connectivity index (χ4n) is 2.56. The Balaban J connectivity index is 2.03. The van der Waals surface area contributed by atoms with Gasteiger partial charge < -0.3 is 0 Å². The molecule has 0 fully saturated rings. The number of hydrogen-bond donors (Lipinski definition) is 1. The zero-order chi connectivity index (χ0) is 20.3. The molecule has 2 aromatic heterocycles. The van der Waals surface area contributed by atoms with E-state index in [9.17, 15) is 14.9 Å². The first kappa shape index (κ1) is 19.2. The van der Waals surface area contributed by atoms with Gasteiger partial charge in [0.15, 0.2) is 5.69 Å². The molecule has 0 saturated heterocycles. The first-order chi connectivity index (χ1) is 13.4. The van der Waals surface area contributed by atoms with Crippen molar-refractivity contribution < 1.29 is 4.79 Å². The van der Waals surface area contributed by atoms with Gasteiger partial charge in [0, 0.05) is 10.4 Å². The van der Waals surface area contributed by atoms with Crippen molar-refractivity contribution in [3.05, 3.63) is 78.9 Å². The minimum absolute atomic E-state index is 0.0299. The molecule has 1 amide bonds. The van der Waals surface area contributed by atoms with Gasteiger partial charge in [-0.25, -0.2) is 5.43 Å². The number of hydrazone groups is 1. The first-order valence-corrected chi connectivity index (χ1v) is 9.29. The molecule has 0 bridgehead atoms. The van der Waals surface area contributed by atoms with Crippen molar-refractivity contribution in [2.75, 3.05) is 0 Å². The second-order valence-corrected chi connectivity index (χ2v) is 7.14. The Hall–Kier alpha value is -3.57. The van der Waals surface area contributed by atoms with Gasteiger partial charge in [0.05, 0.1) is 11.9 Å². The molecule has 1 aromatic carbocycles. The van der Waals surface area contributed by atoms with Gasteiger partial charge in [-0.15, -0.1) is 11.3 Å². The number of nitrogens with zero attached hydrogens (tertiary/aromatic N) is 4. The number of rotatable bonds is 4. The van der Waals surface area contributed by atoms with E-state index in [2.05, 4.69) is 15.6 Å². The van der Waals surface area contributed by atoms with Crippen molar-refractivity contribution in [2.24, 2.45) is 5.10 Å². The Morgan fingerprint density at radius 3 is 2.71 bits per heavy atom. The Morgan fingerprint density at radius 2 is 2.07 bits per heavy atom. The number of nitrogens with one attached hydrogen (secondary N) is 1. The van der Waals surface area contributed by atoms with Gasteiger partial charge in [-0.05, 0) is 55.5 Å². The normalized spacial score (nSPS) is 10.8. The van der Waals surface area contributed by atoms with E-state index in [-0.39, 0.29) is 16.8 Å². The van der Waals surface area contributed by atoms with Crippen molar-refractivity contribution >= 4 is 23.5 Å². The lowest BCUT2D eigenvalue weighted by Gasteiger charge is -2.11. The predicted octanol–water partition coefficient (Wildman–Crippen LogP) is 2.85. The summed E-state index contributed by atoms with van der Waals surface area (Å²) in [7, 11) is 0. The fourth-order valence-corrected chi connectivity index (χ4v) is 3.14. The van der Waals surface area contributed by atoms with Crippen molar-refractivity contribution in [3.8, 4) is 11.8 Å². The van der Waals surface area contributed by atoms with Crippen LogP contribution in [0, 0.1) is 32.1 Å². The third-order valence-corrected chi connectivity index (χ3v) is 5.11. The summed E-state index contributed by atoms with van der Waals surface area (Å²) in [4.78, 5) is 26.1. The quantitative estimate of drug-likeness (QED) is 0.546. The summed E-state index contributed by atoms with van der Waals surface area (Å²) in [6.07, 6.45) is 1.52. The third kappa shape index (κ3) is 3.75. The van der Waals surface area contributed by atoms with Gasteiger partial charge in [0.25, 0.3) is 11.5 Å². The number of hydrogen-bond acceptors (Lipinski definition) is 6. The summed E-state index contributed by atoms with van der Waals surface area (Å²) < 4.78 is 1.08. The van der Waals surface area contributed by atoms with E-state index in [0.29, 0.717) is 5.69 Å². The highest BCUT2D eigenvalue weighted by atomic mass is 32.1. The molecule has 0 spiro atoms. The highest BCUT2D eigenvalue weighted by Crippen LogP contribution is 2.14. The number of amides is 1. The molecule has 0 radical (unpaired) electrons. The van der Waals surface area contributed by atoms with Crippen LogP contribution in [0.1, 0.15) is 37.6 Å². The maximum Gasteiger partial charge on any atom is 0.292 e. The number of carbonyl (C=O) groups is 1. The molecule has 140 valence electrons. The van der Waals surface area contributed by atoms with Crippen LogP contribution in [-0.4, -0.2) is 21.9 Å². The second-order valence-electron chi connectivity index (χ2n) is 6.16. The zero-order valence-corrected chi connectivity index (χ0v) is 16.4. The molecule has 0 aliphatic heterocycles. The van der Waals surface area contributed by atoms with E-state index < -0.39 is 11.5 Å². The molecule has 3 aromatic rings. The molecule has 1 N–H and O–H groups in total. The summed E-state index contributed by atoms with van der Waals surface area (Å²) in [5, 5.41) is 19.4. The Morgan fingerprint density at radius 1 is 1.29 bits per heavy atom. The van der Waals surface area contributed by atoms with Crippen LogP contribution >= 0.6 is 11.3 Å². The van der Waals surface area contributed by atoms with E-state index in [4.69, 9.17) is 0 Å². The first-order valence-electron chi connectivity index (χ1n) is 8.41. The number of aromatic nitrogens is 2. The maximum absolute atomic E-state index is 12.7. The lowest BCUT2D eigenvalue weighted by Crippen LogP contribution is -2.31. The SMILES string of the molecule is Cc1ccc(-n2nc(C(=O)N/N=C\c3cccs3)c(C)c(C#N)c2=O)cc1C. The predicted molar refractivity (Wildman–Crippen MR) is 108 cm³/mol. The summed E-state index contributed by atoms with van der Waals surface area (Å²) in [5.41, 5.74) is 4.41. The molecular weight excluding hydrogens is 374 g/mol. The van der Waals surface area contributed by atoms with E-state index in [1.807, 2.05) is 43.5 Å². The van der Waals surface area contributed by atoms with Crippen molar-refractivity contribution in [2.45, 2.75) is 20.8 Å². The Bertz CT molecular complexity index is 1170. The Kier molecular flexibility index (Phi) is 5.47. The van der Waals surface area contributed by atoms with Gasteiger partial charge in [-0.3, -0.25) is 9.59 Å². The third-order valence-electron chi connectivity index (χ3n) is 4.30. The largest absolute Gasteiger partial charge is 0.292 e. The molecule has 0 atom stereocenters. The van der Waals surface area contributed by atoms with E-state index in [1.54, 1.807) is 12.1 Å². The van der Waals surface area contributed by atoms with E-state index in [1.165, 1.54) is 24.5 Å². The summed E-state index contributed by atoms with van der Waals surface area (Å²) in [6, 6.07) is 11.0. The average molecular weight is 391 g/mol. The van der Waals surface area contributed by atoms with Crippen LogP contribution in [0.3, 0.4) is 0 Å². The number of nitriles is 1. The van der Waals surface area contributed by atoms with Crippen LogP contribution in [0.4, 0.5) is 0 Å². The van der Waals surface area contributed by atoms with Crippen LogP contribution in [0.2, 0.25) is 0 Å². The lowest BCUT2D eigenvalue weighted by atomic mass is 10.1.